The number of rotatable bonds is 8. The molecule has 0 fully saturated rings. The van der Waals surface area contributed by atoms with Crippen molar-refractivity contribution in [3.05, 3.63) is 46.7 Å². The SMILES string of the molecule is CCOc1ccc(/C=N/n2c(-c3ccc(OC)c(OC)c3)n[nH]c2=S)cc1OC. The van der Waals surface area contributed by atoms with Crippen molar-refractivity contribution >= 4 is 18.4 Å². The minimum Gasteiger partial charge on any atom is -0.493 e. The van der Waals surface area contributed by atoms with Crippen molar-refractivity contribution in [2.45, 2.75) is 6.92 Å². The lowest BCUT2D eigenvalue weighted by atomic mass is 10.2. The molecule has 8 nitrogen and oxygen atoms in total. The minimum atomic E-state index is 0.365. The maximum atomic E-state index is 5.54. The van der Waals surface area contributed by atoms with E-state index in [4.69, 9.17) is 31.2 Å². The monoisotopic (exact) mass is 414 g/mol. The lowest BCUT2D eigenvalue weighted by Gasteiger charge is -2.10. The predicted molar refractivity (Wildman–Crippen MR) is 113 cm³/mol. The zero-order valence-electron chi connectivity index (χ0n) is 16.6. The second-order valence-electron chi connectivity index (χ2n) is 5.82. The molecule has 0 atom stereocenters. The molecule has 9 heteroatoms. The third-order valence-electron chi connectivity index (χ3n) is 4.10. The zero-order chi connectivity index (χ0) is 20.8. The van der Waals surface area contributed by atoms with Crippen LogP contribution in [0.2, 0.25) is 0 Å². The van der Waals surface area contributed by atoms with Crippen LogP contribution in [-0.4, -0.2) is 49.0 Å². The molecule has 0 bridgehead atoms. The number of aromatic amines is 1. The Kier molecular flexibility index (Phi) is 6.50. The molecule has 0 saturated heterocycles. The number of H-pyrrole nitrogens is 1. The number of nitrogens with zero attached hydrogens (tertiary/aromatic N) is 3. The smallest absolute Gasteiger partial charge is 0.216 e. The fourth-order valence-corrected chi connectivity index (χ4v) is 2.90. The number of aromatic nitrogens is 3. The van der Waals surface area contributed by atoms with Gasteiger partial charge < -0.3 is 18.9 Å². The van der Waals surface area contributed by atoms with E-state index in [0.29, 0.717) is 40.2 Å². The van der Waals surface area contributed by atoms with Crippen LogP contribution in [-0.2, 0) is 0 Å². The van der Waals surface area contributed by atoms with Crippen LogP contribution in [0.1, 0.15) is 12.5 Å². The first-order valence-corrected chi connectivity index (χ1v) is 9.27. The van der Waals surface area contributed by atoms with E-state index in [1.165, 1.54) is 0 Å². The van der Waals surface area contributed by atoms with Crippen molar-refractivity contribution in [1.29, 1.82) is 0 Å². The summed E-state index contributed by atoms with van der Waals surface area (Å²) < 4.78 is 23.5. The van der Waals surface area contributed by atoms with E-state index in [2.05, 4.69) is 15.3 Å². The topological polar surface area (TPSA) is 82.9 Å². The highest BCUT2D eigenvalue weighted by molar-refractivity contribution is 7.71. The fourth-order valence-electron chi connectivity index (χ4n) is 2.72. The van der Waals surface area contributed by atoms with Gasteiger partial charge in [0, 0.05) is 5.56 Å². The summed E-state index contributed by atoms with van der Waals surface area (Å²) in [5.41, 5.74) is 1.60. The van der Waals surface area contributed by atoms with E-state index < -0.39 is 0 Å². The largest absolute Gasteiger partial charge is 0.493 e. The van der Waals surface area contributed by atoms with Crippen molar-refractivity contribution in [2.75, 3.05) is 27.9 Å². The predicted octanol–water partition coefficient (Wildman–Crippen LogP) is 3.91. The molecule has 3 rings (SSSR count). The Morgan fingerprint density at radius 2 is 1.69 bits per heavy atom. The first-order valence-electron chi connectivity index (χ1n) is 8.86. The van der Waals surface area contributed by atoms with Gasteiger partial charge in [-0.1, -0.05) is 0 Å². The van der Waals surface area contributed by atoms with E-state index in [0.717, 1.165) is 11.1 Å². The van der Waals surface area contributed by atoms with E-state index in [1.54, 1.807) is 38.3 Å². The lowest BCUT2D eigenvalue weighted by Crippen LogP contribution is -1.98. The van der Waals surface area contributed by atoms with Gasteiger partial charge in [-0.3, -0.25) is 0 Å². The van der Waals surface area contributed by atoms with Gasteiger partial charge in [-0.15, -0.1) is 0 Å². The number of nitrogens with one attached hydrogen (secondary N) is 1. The van der Waals surface area contributed by atoms with Crippen molar-refractivity contribution in [3.8, 4) is 34.4 Å². The highest BCUT2D eigenvalue weighted by Crippen LogP contribution is 2.32. The molecule has 0 spiro atoms. The maximum absolute atomic E-state index is 5.54. The molecule has 29 heavy (non-hydrogen) atoms. The van der Waals surface area contributed by atoms with Crippen molar-refractivity contribution in [3.63, 3.8) is 0 Å². The molecule has 2 aromatic carbocycles. The van der Waals surface area contributed by atoms with Crippen LogP contribution >= 0.6 is 12.2 Å². The van der Waals surface area contributed by atoms with Crippen LogP contribution in [0.3, 0.4) is 0 Å². The van der Waals surface area contributed by atoms with Gasteiger partial charge in [-0.25, -0.2) is 5.10 Å². The molecule has 1 aromatic heterocycles. The van der Waals surface area contributed by atoms with Gasteiger partial charge in [0.1, 0.15) is 0 Å². The third kappa shape index (κ3) is 4.40. The Morgan fingerprint density at radius 3 is 2.38 bits per heavy atom. The van der Waals surface area contributed by atoms with Crippen LogP contribution in [0.5, 0.6) is 23.0 Å². The van der Waals surface area contributed by atoms with Gasteiger partial charge >= 0.3 is 0 Å². The fraction of sp³-hybridized carbons (Fsp3) is 0.250. The lowest BCUT2D eigenvalue weighted by molar-refractivity contribution is 0.311. The molecular weight excluding hydrogens is 392 g/mol. The highest BCUT2D eigenvalue weighted by atomic mass is 32.1. The van der Waals surface area contributed by atoms with Crippen LogP contribution in [0.15, 0.2) is 41.5 Å². The second-order valence-corrected chi connectivity index (χ2v) is 6.21. The van der Waals surface area contributed by atoms with Gasteiger partial charge in [0.25, 0.3) is 0 Å². The quantitative estimate of drug-likeness (QED) is 0.444. The minimum absolute atomic E-state index is 0.365. The molecule has 0 amide bonds. The summed E-state index contributed by atoms with van der Waals surface area (Å²) in [6.45, 7) is 2.48. The summed E-state index contributed by atoms with van der Waals surface area (Å²) in [6, 6.07) is 11.0. The number of hydrogen-bond donors (Lipinski definition) is 1. The Hall–Kier alpha value is -3.33. The molecule has 0 aliphatic heterocycles. The maximum Gasteiger partial charge on any atom is 0.216 e. The van der Waals surface area contributed by atoms with E-state index in [-0.39, 0.29) is 0 Å². The second kappa shape index (κ2) is 9.24. The number of methoxy groups -OCH3 is 3. The Bertz CT molecular complexity index is 1070. The number of benzene rings is 2. The summed E-state index contributed by atoms with van der Waals surface area (Å²) >= 11 is 5.33. The van der Waals surface area contributed by atoms with Gasteiger partial charge in [0.2, 0.25) is 4.77 Å². The number of hydrogen-bond acceptors (Lipinski definition) is 7. The summed E-state index contributed by atoms with van der Waals surface area (Å²) in [5, 5.41) is 11.6. The first-order chi connectivity index (χ1) is 14.1. The molecule has 0 saturated carbocycles. The molecule has 0 radical (unpaired) electrons. The van der Waals surface area contributed by atoms with Crippen molar-refractivity contribution < 1.29 is 18.9 Å². The first kappa shape index (κ1) is 20.4. The zero-order valence-corrected chi connectivity index (χ0v) is 17.4. The summed E-state index contributed by atoms with van der Waals surface area (Å²) in [5.74, 6) is 3.07. The molecular formula is C20H22N4O4S. The highest BCUT2D eigenvalue weighted by Gasteiger charge is 2.12. The molecule has 3 aromatic rings. The van der Waals surface area contributed by atoms with Crippen LogP contribution in [0, 0.1) is 4.77 Å². The summed E-state index contributed by atoms with van der Waals surface area (Å²) in [7, 11) is 4.76. The van der Waals surface area contributed by atoms with Gasteiger partial charge in [0.15, 0.2) is 28.8 Å². The van der Waals surface area contributed by atoms with E-state index in [1.807, 2.05) is 37.3 Å². The molecule has 1 heterocycles. The molecule has 1 N–H and O–H groups in total. The Morgan fingerprint density at radius 1 is 1.00 bits per heavy atom. The normalized spacial score (nSPS) is 10.9. The van der Waals surface area contributed by atoms with Crippen molar-refractivity contribution in [2.24, 2.45) is 5.10 Å². The summed E-state index contributed by atoms with van der Waals surface area (Å²) in [4.78, 5) is 0. The van der Waals surface area contributed by atoms with Gasteiger partial charge in [-0.05, 0) is 61.1 Å². The average molecular weight is 414 g/mol. The molecule has 152 valence electrons. The van der Waals surface area contributed by atoms with Crippen LogP contribution in [0.4, 0.5) is 0 Å². The van der Waals surface area contributed by atoms with Crippen LogP contribution in [0.25, 0.3) is 11.4 Å². The molecule has 0 aliphatic rings. The molecule has 0 unspecified atom stereocenters. The van der Waals surface area contributed by atoms with E-state index in [9.17, 15) is 0 Å². The van der Waals surface area contributed by atoms with E-state index >= 15 is 0 Å². The standard InChI is InChI=1S/C20H22N4O4S/c1-5-28-16-8-6-13(10-17(16)26-3)12-21-24-19(22-23-20(24)29)14-7-9-15(25-2)18(11-14)27-4/h6-12H,5H2,1-4H3,(H,23,29)/b21-12+. The van der Waals surface area contributed by atoms with Gasteiger partial charge in [0.05, 0.1) is 34.2 Å². The Labute approximate surface area is 173 Å². The summed E-state index contributed by atoms with van der Waals surface area (Å²) in [6.07, 6.45) is 1.67. The van der Waals surface area contributed by atoms with Crippen LogP contribution < -0.4 is 18.9 Å². The molecule has 0 aliphatic carbocycles. The third-order valence-corrected chi connectivity index (χ3v) is 4.37. The number of ether oxygens (including phenoxy) is 4. The average Bonchev–Trinajstić information content (AvgIpc) is 3.12. The van der Waals surface area contributed by atoms with Gasteiger partial charge in [-0.2, -0.15) is 14.9 Å². The Balaban J connectivity index is 1.96. The van der Waals surface area contributed by atoms with Crippen molar-refractivity contribution in [1.82, 2.24) is 14.9 Å².